The van der Waals surface area contributed by atoms with Gasteiger partial charge in [-0.1, -0.05) is 45.0 Å². The third-order valence-electron chi connectivity index (χ3n) is 3.51. The van der Waals surface area contributed by atoms with Gasteiger partial charge in [0.25, 0.3) is 0 Å². The van der Waals surface area contributed by atoms with Crippen LogP contribution in [0.25, 0.3) is 0 Å². The molecule has 0 saturated carbocycles. The second kappa shape index (κ2) is 8.34. The van der Waals surface area contributed by atoms with Crippen LogP contribution in [0.5, 0.6) is 0 Å². The molecule has 0 unspecified atom stereocenters. The lowest BCUT2D eigenvalue weighted by molar-refractivity contribution is 0.225. The van der Waals surface area contributed by atoms with Crippen molar-refractivity contribution in [2.75, 3.05) is 13.1 Å². The Balaban J connectivity index is 2.47. The van der Waals surface area contributed by atoms with E-state index in [0.29, 0.717) is 12.1 Å². The Hall–Kier alpha value is -0.860. The topological polar surface area (TPSA) is 15.3 Å². The maximum atomic E-state index is 3.46. The van der Waals surface area contributed by atoms with Crippen molar-refractivity contribution in [3.63, 3.8) is 0 Å². The fourth-order valence-electron chi connectivity index (χ4n) is 2.21. The maximum absolute atomic E-state index is 3.46. The molecule has 0 fully saturated rings. The zero-order valence-corrected chi connectivity index (χ0v) is 13.2. The summed E-state index contributed by atoms with van der Waals surface area (Å²) in [6, 6.07) is 10.3. The molecule has 2 heteroatoms. The Morgan fingerprint density at radius 1 is 1.00 bits per heavy atom. The van der Waals surface area contributed by atoms with E-state index in [1.54, 1.807) is 0 Å². The van der Waals surface area contributed by atoms with Gasteiger partial charge in [-0.3, -0.25) is 4.90 Å². The summed E-state index contributed by atoms with van der Waals surface area (Å²) < 4.78 is 0. The molecule has 1 rings (SSSR count). The molecule has 19 heavy (non-hydrogen) atoms. The third-order valence-corrected chi connectivity index (χ3v) is 3.51. The minimum Gasteiger partial charge on any atom is -0.314 e. The molecule has 0 spiro atoms. The van der Waals surface area contributed by atoms with Gasteiger partial charge in [0.15, 0.2) is 0 Å². The number of rotatable bonds is 8. The normalized spacial score (nSPS) is 11.8. The molecule has 0 aliphatic rings. The van der Waals surface area contributed by atoms with E-state index in [9.17, 15) is 0 Å². The van der Waals surface area contributed by atoms with Crippen LogP contribution in [0.2, 0.25) is 0 Å². The van der Waals surface area contributed by atoms with E-state index in [1.165, 1.54) is 11.1 Å². The average molecular weight is 262 g/mol. The van der Waals surface area contributed by atoms with Crippen molar-refractivity contribution in [2.24, 2.45) is 0 Å². The molecule has 0 heterocycles. The monoisotopic (exact) mass is 262 g/mol. The van der Waals surface area contributed by atoms with Gasteiger partial charge in [-0.05, 0) is 44.5 Å². The van der Waals surface area contributed by atoms with Crippen molar-refractivity contribution in [1.29, 1.82) is 0 Å². The molecule has 1 N–H and O–H groups in total. The predicted octanol–water partition coefficient (Wildman–Crippen LogP) is 3.46. The summed E-state index contributed by atoms with van der Waals surface area (Å²) in [5.74, 6) is 0. The van der Waals surface area contributed by atoms with Crippen LogP contribution in [0, 0.1) is 0 Å². The van der Waals surface area contributed by atoms with Crippen LogP contribution >= 0.6 is 0 Å². The van der Waals surface area contributed by atoms with E-state index in [-0.39, 0.29) is 0 Å². The van der Waals surface area contributed by atoms with Crippen molar-refractivity contribution in [3.05, 3.63) is 35.4 Å². The van der Waals surface area contributed by atoms with Crippen LogP contribution in [0.3, 0.4) is 0 Å². The maximum Gasteiger partial charge on any atom is 0.0236 e. The number of hydrogen-bond donors (Lipinski definition) is 1. The quantitative estimate of drug-likeness (QED) is 0.772. The zero-order valence-electron chi connectivity index (χ0n) is 13.2. The number of hydrogen-bond acceptors (Lipinski definition) is 2. The van der Waals surface area contributed by atoms with Crippen LogP contribution in [0.4, 0.5) is 0 Å². The van der Waals surface area contributed by atoms with Gasteiger partial charge < -0.3 is 5.32 Å². The minimum atomic E-state index is 0.573. The lowest BCUT2D eigenvalue weighted by Gasteiger charge is -2.24. The predicted molar refractivity (Wildman–Crippen MR) is 84.5 cm³/mol. The van der Waals surface area contributed by atoms with Crippen LogP contribution < -0.4 is 5.32 Å². The van der Waals surface area contributed by atoms with Crippen LogP contribution in [0.1, 0.15) is 45.7 Å². The summed E-state index contributed by atoms with van der Waals surface area (Å²) in [4.78, 5) is 2.48. The fraction of sp³-hybridized carbons (Fsp3) is 0.647. The van der Waals surface area contributed by atoms with E-state index in [2.05, 4.69) is 69.1 Å². The van der Waals surface area contributed by atoms with Gasteiger partial charge in [0.1, 0.15) is 0 Å². The van der Waals surface area contributed by atoms with Gasteiger partial charge in [-0.15, -0.1) is 0 Å². The lowest BCUT2D eigenvalue weighted by Crippen LogP contribution is -2.29. The standard InChI is InChI=1S/C17H30N2/c1-6-19(15(4)5)13-17-9-7-16(8-10-17)11-12-18-14(2)3/h7-10,14-15,18H,6,11-13H2,1-5H3. The summed E-state index contributed by atoms with van der Waals surface area (Å²) in [6.45, 7) is 14.3. The van der Waals surface area contributed by atoms with Crippen molar-refractivity contribution in [3.8, 4) is 0 Å². The average Bonchev–Trinajstić information content (AvgIpc) is 2.37. The van der Waals surface area contributed by atoms with Gasteiger partial charge in [0.05, 0.1) is 0 Å². The molecule has 0 atom stereocenters. The van der Waals surface area contributed by atoms with Crippen LogP contribution in [-0.4, -0.2) is 30.1 Å². The summed E-state index contributed by atoms with van der Waals surface area (Å²) in [5, 5.41) is 3.46. The molecule has 108 valence electrons. The van der Waals surface area contributed by atoms with Crippen molar-refractivity contribution in [1.82, 2.24) is 10.2 Å². The molecule has 1 aromatic rings. The van der Waals surface area contributed by atoms with Crippen molar-refractivity contribution < 1.29 is 0 Å². The number of nitrogens with zero attached hydrogens (tertiary/aromatic N) is 1. The molecule has 0 radical (unpaired) electrons. The summed E-state index contributed by atoms with van der Waals surface area (Å²) in [6.07, 6.45) is 1.11. The zero-order chi connectivity index (χ0) is 14.3. The highest BCUT2D eigenvalue weighted by Crippen LogP contribution is 2.10. The van der Waals surface area contributed by atoms with E-state index in [0.717, 1.165) is 26.1 Å². The third kappa shape index (κ3) is 6.22. The number of nitrogens with one attached hydrogen (secondary N) is 1. The molecule has 0 saturated heterocycles. The Labute approximate surface area is 119 Å². The largest absolute Gasteiger partial charge is 0.314 e. The molecule has 0 aliphatic carbocycles. The van der Waals surface area contributed by atoms with E-state index < -0.39 is 0 Å². The highest BCUT2D eigenvalue weighted by molar-refractivity contribution is 5.22. The van der Waals surface area contributed by atoms with Gasteiger partial charge >= 0.3 is 0 Å². The first-order valence-electron chi connectivity index (χ1n) is 7.58. The fourth-order valence-corrected chi connectivity index (χ4v) is 2.21. The minimum absolute atomic E-state index is 0.573. The lowest BCUT2D eigenvalue weighted by atomic mass is 10.1. The Morgan fingerprint density at radius 3 is 2.05 bits per heavy atom. The molecule has 1 aromatic carbocycles. The van der Waals surface area contributed by atoms with Crippen molar-refractivity contribution >= 4 is 0 Å². The molecular formula is C17H30N2. The van der Waals surface area contributed by atoms with E-state index in [1.807, 2.05) is 0 Å². The van der Waals surface area contributed by atoms with Gasteiger partial charge in [-0.2, -0.15) is 0 Å². The van der Waals surface area contributed by atoms with Gasteiger partial charge in [0.2, 0.25) is 0 Å². The first-order valence-corrected chi connectivity index (χ1v) is 7.58. The molecule has 0 bridgehead atoms. The molecule has 0 aromatic heterocycles. The Morgan fingerprint density at radius 2 is 1.58 bits per heavy atom. The summed E-state index contributed by atoms with van der Waals surface area (Å²) >= 11 is 0. The van der Waals surface area contributed by atoms with Gasteiger partial charge in [-0.25, -0.2) is 0 Å². The first kappa shape index (κ1) is 16.2. The Bertz CT molecular complexity index is 341. The second-order valence-electron chi connectivity index (χ2n) is 5.83. The first-order chi connectivity index (χ1) is 9.02. The molecular weight excluding hydrogens is 232 g/mol. The molecule has 2 nitrogen and oxygen atoms in total. The highest BCUT2D eigenvalue weighted by atomic mass is 15.1. The van der Waals surface area contributed by atoms with Gasteiger partial charge in [0, 0.05) is 18.6 Å². The SMILES string of the molecule is CCN(Cc1ccc(CCNC(C)C)cc1)C(C)C. The van der Waals surface area contributed by atoms with Crippen molar-refractivity contribution in [2.45, 2.75) is 59.7 Å². The smallest absolute Gasteiger partial charge is 0.0236 e. The van der Waals surface area contributed by atoms with E-state index in [4.69, 9.17) is 0 Å². The summed E-state index contributed by atoms with van der Waals surface area (Å²) in [5.41, 5.74) is 2.83. The number of benzene rings is 1. The second-order valence-corrected chi connectivity index (χ2v) is 5.83. The van der Waals surface area contributed by atoms with E-state index >= 15 is 0 Å². The molecule has 0 amide bonds. The Kier molecular flexibility index (Phi) is 7.11. The van der Waals surface area contributed by atoms with Crippen LogP contribution in [0.15, 0.2) is 24.3 Å². The highest BCUT2D eigenvalue weighted by Gasteiger charge is 2.07. The molecule has 0 aliphatic heterocycles. The van der Waals surface area contributed by atoms with Crippen LogP contribution in [-0.2, 0) is 13.0 Å². The summed E-state index contributed by atoms with van der Waals surface area (Å²) in [7, 11) is 0.